The van der Waals surface area contributed by atoms with E-state index in [-0.39, 0.29) is 55.1 Å². The summed E-state index contributed by atoms with van der Waals surface area (Å²) in [7, 11) is 4.30. The van der Waals surface area contributed by atoms with E-state index in [0.29, 0.717) is 11.9 Å². The Labute approximate surface area is 180 Å². The molecule has 2 unspecified atom stereocenters. The van der Waals surface area contributed by atoms with Crippen LogP contribution in [0.1, 0.15) is 32.1 Å². The van der Waals surface area contributed by atoms with Crippen LogP contribution in [-0.4, -0.2) is 55.1 Å². The number of hydrogen-bond donors (Lipinski definition) is 2. The van der Waals surface area contributed by atoms with Crippen molar-refractivity contribution in [3.63, 3.8) is 0 Å². The van der Waals surface area contributed by atoms with E-state index >= 15 is 0 Å². The molecule has 156 valence electrons. The topological polar surface area (TPSA) is 74.5 Å². The Hall–Kier alpha value is -0.790. The number of piperidine rings is 1. The van der Waals surface area contributed by atoms with Crippen molar-refractivity contribution >= 4 is 54.6 Å². The van der Waals surface area contributed by atoms with Crippen LogP contribution in [0.15, 0.2) is 18.3 Å². The monoisotopic (exact) mass is 439 g/mol. The molecule has 1 saturated carbocycles. The van der Waals surface area contributed by atoms with Crippen molar-refractivity contribution in [1.82, 2.24) is 9.88 Å². The van der Waals surface area contributed by atoms with E-state index in [0.717, 1.165) is 38.0 Å². The second-order valence-electron chi connectivity index (χ2n) is 7.34. The molecule has 1 amide bonds. The van der Waals surface area contributed by atoms with E-state index in [2.05, 4.69) is 40.3 Å². The van der Waals surface area contributed by atoms with Gasteiger partial charge in [0.05, 0.1) is 11.9 Å². The van der Waals surface area contributed by atoms with Gasteiger partial charge < -0.3 is 20.9 Å². The van der Waals surface area contributed by atoms with Crippen LogP contribution in [0.5, 0.6) is 0 Å². The maximum absolute atomic E-state index is 12.2. The standard InChI is InChI=1S/C18H29N5O.3ClH/c1-22(2)15-7-9-23(10-8-15)16-5-6-17(20-12-16)21-18(24)13-3-4-14(19)11-13;;;/h5-6,12-15H,3-4,7-11,19H2,1-2H3,(H,20,21,24);3*1H. The molecule has 6 nitrogen and oxygen atoms in total. The summed E-state index contributed by atoms with van der Waals surface area (Å²) in [6.45, 7) is 2.10. The summed E-state index contributed by atoms with van der Waals surface area (Å²) in [6.07, 6.45) is 6.82. The molecular weight excluding hydrogens is 409 g/mol. The molecular formula is C18H32Cl3N5O. The Bertz CT molecular complexity index is 565. The van der Waals surface area contributed by atoms with E-state index in [1.165, 1.54) is 12.8 Å². The summed E-state index contributed by atoms with van der Waals surface area (Å²) in [6, 6.07) is 4.80. The highest BCUT2D eigenvalue weighted by Gasteiger charge is 2.28. The Balaban J connectivity index is 0.00000225. The van der Waals surface area contributed by atoms with Gasteiger partial charge in [-0.3, -0.25) is 4.79 Å². The number of amides is 1. The molecule has 2 heterocycles. The number of nitrogens with zero attached hydrogens (tertiary/aromatic N) is 3. The minimum Gasteiger partial charge on any atom is -0.370 e. The molecule has 0 bridgehead atoms. The lowest BCUT2D eigenvalue weighted by Crippen LogP contribution is -2.42. The van der Waals surface area contributed by atoms with Crippen molar-refractivity contribution in [2.75, 3.05) is 37.4 Å². The predicted molar refractivity (Wildman–Crippen MR) is 119 cm³/mol. The van der Waals surface area contributed by atoms with E-state index in [1.54, 1.807) is 0 Å². The number of halogens is 3. The van der Waals surface area contributed by atoms with Crippen LogP contribution in [0.3, 0.4) is 0 Å². The van der Waals surface area contributed by atoms with Gasteiger partial charge in [0.1, 0.15) is 5.82 Å². The minimum absolute atomic E-state index is 0. The first-order valence-electron chi connectivity index (χ1n) is 8.97. The molecule has 1 saturated heterocycles. The van der Waals surface area contributed by atoms with Crippen molar-refractivity contribution in [3.05, 3.63) is 18.3 Å². The summed E-state index contributed by atoms with van der Waals surface area (Å²) < 4.78 is 0. The molecule has 0 spiro atoms. The molecule has 9 heteroatoms. The fourth-order valence-corrected chi connectivity index (χ4v) is 3.77. The van der Waals surface area contributed by atoms with E-state index in [4.69, 9.17) is 5.73 Å². The van der Waals surface area contributed by atoms with Crippen LogP contribution in [-0.2, 0) is 4.79 Å². The van der Waals surface area contributed by atoms with Crippen LogP contribution >= 0.6 is 37.2 Å². The molecule has 1 aromatic heterocycles. The number of anilines is 2. The van der Waals surface area contributed by atoms with Gasteiger partial charge in [-0.2, -0.15) is 0 Å². The van der Waals surface area contributed by atoms with Gasteiger partial charge in [-0.05, 0) is 58.3 Å². The summed E-state index contributed by atoms with van der Waals surface area (Å²) in [5, 5.41) is 2.93. The first kappa shape index (κ1) is 26.2. The quantitative estimate of drug-likeness (QED) is 0.753. The van der Waals surface area contributed by atoms with Crippen LogP contribution in [0.4, 0.5) is 11.5 Å². The van der Waals surface area contributed by atoms with E-state index in [1.807, 2.05) is 12.3 Å². The maximum atomic E-state index is 12.2. The van der Waals surface area contributed by atoms with E-state index in [9.17, 15) is 4.79 Å². The Morgan fingerprint density at radius 3 is 2.30 bits per heavy atom. The average Bonchev–Trinajstić information content (AvgIpc) is 3.02. The summed E-state index contributed by atoms with van der Waals surface area (Å²) in [5.41, 5.74) is 7.02. The molecule has 2 atom stereocenters. The van der Waals surface area contributed by atoms with Gasteiger partial charge in [0.2, 0.25) is 5.91 Å². The molecule has 1 aliphatic carbocycles. The maximum Gasteiger partial charge on any atom is 0.228 e. The number of rotatable bonds is 4. The minimum atomic E-state index is 0. The number of hydrogen-bond acceptors (Lipinski definition) is 5. The second-order valence-corrected chi connectivity index (χ2v) is 7.34. The van der Waals surface area contributed by atoms with Gasteiger partial charge in [-0.25, -0.2) is 4.98 Å². The lowest BCUT2D eigenvalue weighted by atomic mass is 10.0. The van der Waals surface area contributed by atoms with Crippen molar-refractivity contribution < 1.29 is 4.79 Å². The van der Waals surface area contributed by atoms with Crippen LogP contribution in [0, 0.1) is 5.92 Å². The highest BCUT2D eigenvalue weighted by molar-refractivity contribution is 5.92. The molecule has 3 N–H and O–H groups in total. The average molecular weight is 441 g/mol. The van der Waals surface area contributed by atoms with Gasteiger partial charge in [0.15, 0.2) is 0 Å². The number of nitrogens with two attached hydrogens (primary N) is 1. The van der Waals surface area contributed by atoms with Gasteiger partial charge in [0, 0.05) is 31.1 Å². The van der Waals surface area contributed by atoms with E-state index < -0.39 is 0 Å². The van der Waals surface area contributed by atoms with Gasteiger partial charge >= 0.3 is 0 Å². The fourth-order valence-electron chi connectivity index (χ4n) is 3.77. The molecule has 1 aliphatic heterocycles. The number of aromatic nitrogens is 1. The highest BCUT2D eigenvalue weighted by Crippen LogP contribution is 2.26. The molecule has 1 aromatic rings. The van der Waals surface area contributed by atoms with Gasteiger partial charge in [-0.15, -0.1) is 37.2 Å². The van der Waals surface area contributed by atoms with Crippen molar-refractivity contribution in [1.29, 1.82) is 0 Å². The number of carbonyl (C=O) groups excluding carboxylic acids is 1. The number of nitrogens with one attached hydrogen (secondary N) is 1. The number of carbonyl (C=O) groups is 1. The molecule has 27 heavy (non-hydrogen) atoms. The third kappa shape index (κ3) is 6.95. The van der Waals surface area contributed by atoms with Gasteiger partial charge in [0.25, 0.3) is 0 Å². The van der Waals surface area contributed by atoms with Crippen LogP contribution in [0.25, 0.3) is 0 Å². The third-order valence-electron chi connectivity index (χ3n) is 5.40. The smallest absolute Gasteiger partial charge is 0.228 e. The largest absolute Gasteiger partial charge is 0.370 e. The Morgan fingerprint density at radius 1 is 1.15 bits per heavy atom. The number of pyridine rings is 1. The lowest BCUT2D eigenvalue weighted by molar-refractivity contribution is -0.119. The molecule has 2 fully saturated rings. The second kappa shape index (κ2) is 11.9. The van der Waals surface area contributed by atoms with Crippen molar-refractivity contribution in [2.45, 2.75) is 44.2 Å². The zero-order valence-electron chi connectivity index (χ0n) is 16.0. The van der Waals surface area contributed by atoms with Crippen LogP contribution < -0.4 is 16.0 Å². The predicted octanol–water partition coefficient (Wildman–Crippen LogP) is 2.94. The zero-order valence-corrected chi connectivity index (χ0v) is 18.4. The van der Waals surface area contributed by atoms with Crippen LogP contribution in [0.2, 0.25) is 0 Å². The molecule has 3 rings (SSSR count). The SMILES string of the molecule is CN(C)C1CCN(c2ccc(NC(=O)C3CCC(N)C3)nc2)CC1.Cl.Cl.Cl. The third-order valence-corrected chi connectivity index (χ3v) is 5.40. The molecule has 0 aromatic carbocycles. The van der Waals surface area contributed by atoms with Crippen molar-refractivity contribution in [2.24, 2.45) is 11.7 Å². The fraction of sp³-hybridized carbons (Fsp3) is 0.667. The first-order chi connectivity index (χ1) is 11.5. The highest BCUT2D eigenvalue weighted by atomic mass is 35.5. The Kier molecular flexibility index (Phi) is 11.6. The van der Waals surface area contributed by atoms with Crippen molar-refractivity contribution in [3.8, 4) is 0 Å². The Morgan fingerprint density at radius 2 is 1.81 bits per heavy atom. The first-order valence-corrected chi connectivity index (χ1v) is 8.97. The molecule has 0 radical (unpaired) electrons. The summed E-state index contributed by atoms with van der Waals surface area (Å²) in [5.74, 6) is 0.717. The van der Waals surface area contributed by atoms with Gasteiger partial charge in [-0.1, -0.05) is 0 Å². The lowest BCUT2D eigenvalue weighted by Gasteiger charge is -2.36. The molecule has 2 aliphatic rings. The normalized spacial score (nSPS) is 22.4. The summed E-state index contributed by atoms with van der Waals surface area (Å²) >= 11 is 0. The summed E-state index contributed by atoms with van der Waals surface area (Å²) in [4.78, 5) is 21.3. The zero-order chi connectivity index (χ0) is 17.1.